The molecule has 6 heteroatoms. The highest BCUT2D eigenvalue weighted by Gasteiger charge is 2.28. The second kappa shape index (κ2) is 5.99. The molecule has 1 aliphatic rings. The van der Waals surface area contributed by atoms with Crippen molar-refractivity contribution in [3.63, 3.8) is 0 Å². The Morgan fingerprint density at radius 1 is 1.52 bits per heavy atom. The van der Waals surface area contributed by atoms with Crippen LogP contribution in [0.5, 0.6) is 5.75 Å². The normalized spacial score (nSPS) is 19.8. The van der Waals surface area contributed by atoms with Gasteiger partial charge < -0.3 is 9.84 Å². The lowest BCUT2D eigenvalue weighted by Gasteiger charge is -2.31. The number of aromatic nitrogens is 1. The van der Waals surface area contributed by atoms with Gasteiger partial charge in [0, 0.05) is 0 Å². The van der Waals surface area contributed by atoms with Gasteiger partial charge in [0.25, 0.3) is 0 Å². The Morgan fingerprint density at radius 2 is 2.38 bits per heavy atom. The number of benzene rings is 1. The van der Waals surface area contributed by atoms with E-state index in [1.807, 2.05) is 23.1 Å². The molecule has 3 rings (SSSR count). The Labute approximate surface area is 127 Å². The number of piperidine rings is 1. The minimum absolute atomic E-state index is 0.375. The summed E-state index contributed by atoms with van der Waals surface area (Å²) in [6.45, 7) is 1.44. The van der Waals surface area contributed by atoms with Crippen LogP contribution in [0.25, 0.3) is 10.2 Å². The summed E-state index contributed by atoms with van der Waals surface area (Å²) >= 11 is 1.61. The Morgan fingerprint density at radius 3 is 3.14 bits per heavy atom. The largest absolute Gasteiger partial charge is 0.497 e. The topological polar surface area (TPSA) is 62.7 Å². The summed E-state index contributed by atoms with van der Waals surface area (Å²) in [6, 6.07) is 5.44. The van der Waals surface area contributed by atoms with Gasteiger partial charge in [-0.05, 0) is 37.6 Å². The van der Waals surface area contributed by atoms with Crippen LogP contribution in [0.1, 0.15) is 24.3 Å². The summed E-state index contributed by atoms with van der Waals surface area (Å²) in [5.74, 6) is 0.0940. The molecule has 1 aromatic carbocycles. The van der Waals surface area contributed by atoms with Gasteiger partial charge in [0.2, 0.25) is 0 Å². The van der Waals surface area contributed by atoms with Gasteiger partial charge in [0.15, 0.2) is 0 Å². The fraction of sp³-hybridized carbons (Fsp3) is 0.467. The molecular formula is C15H18N2O3S. The van der Waals surface area contributed by atoms with Crippen LogP contribution in [0, 0.1) is 0 Å². The first kappa shape index (κ1) is 14.3. The van der Waals surface area contributed by atoms with Crippen molar-refractivity contribution in [3.8, 4) is 5.75 Å². The standard InChI is InChI=1S/C15H18N2O3S/c1-20-10-5-6-11-13(8-10)21-14(16-11)9-17-7-3-2-4-12(17)15(18)19/h5-6,8,12H,2-4,7,9H2,1H3,(H,18,19). The average molecular weight is 306 g/mol. The molecule has 2 heterocycles. The molecule has 112 valence electrons. The van der Waals surface area contributed by atoms with Crippen LogP contribution in [-0.2, 0) is 11.3 Å². The number of hydrogen-bond acceptors (Lipinski definition) is 5. The SMILES string of the molecule is COc1ccc2nc(CN3CCCCC3C(=O)O)sc2c1. The van der Waals surface area contributed by atoms with Crippen molar-refractivity contribution in [2.75, 3.05) is 13.7 Å². The molecule has 1 N–H and O–H groups in total. The maximum absolute atomic E-state index is 11.3. The zero-order chi connectivity index (χ0) is 14.8. The molecule has 0 amide bonds. The Hall–Kier alpha value is -1.66. The zero-order valence-corrected chi connectivity index (χ0v) is 12.7. The lowest BCUT2D eigenvalue weighted by atomic mass is 10.0. The summed E-state index contributed by atoms with van der Waals surface area (Å²) in [7, 11) is 1.65. The number of likely N-dealkylation sites (tertiary alicyclic amines) is 1. The zero-order valence-electron chi connectivity index (χ0n) is 11.9. The van der Waals surface area contributed by atoms with Crippen LogP contribution in [0.2, 0.25) is 0 Å². The fourth-order valence-electron chi connectivity index (χ4n) is 2.78. The number of carbonyl (C=O) groups is 1. The van der Waals surface area contributed by atoms with E-state index in [0.717, 1.165) is 46.8 Å². The van der Waals surface area contributed by atoms with E-state index in [1.54, 1.807) is 18.4 Å². The van der Waals surface area contributed by atoms with Crippen LogP contribution in [0.15, 0.2) is 18.2 Å². The summed E-state index contributed by atoms with van der Waals surface area (Å²) in [5, 5.41) is 10.3. The van der Waals surface area contributed by atoms with Gasteiger partial charge in [-0.1, -0.05) is 6.42 Å². The number of aliphatic carboxylic acids is 1. The molecule has 0 bridgehead atoms. The molecule has 21 heavy (non-hydrogen) atoms. The Kier molecular flexibility index (Phi) is 4.07. The predicted octanol–water partition coefficient (Wildman–Crippen LogP) is 2.74. The monoisotopic (exact) mass is 306 g/mol. The molecule has 1 saturated heterocycles. The summed E-state index contributed by atoms with van der Waals surface area (Å²) in [6.07, 6.45) is 2.78. The molecule has 0 saturated carbocycles. The molecule has 0 aliphatic carbocycles. The average Bonchev–Trinajstić information content (AvgIpc) is 2.88. The third-order valence-electron chi connectivity index (χ3n) is 3.88. The van der Waals surface area contributed by atoms with E-state index in [1.165, 1.54) is 0 Å². The van der Waals surface area contributed by atoms with E-state index in [9.17, 15) is 9.90 Å². The van der Waals surface area contributed by atoms with Crippen molar-refractivity contribution in [1.29, 1.82) is 0 Å². The molecule has 2 aromatic rings. The lowest BCUT2D eigenvalue weighted by Crippen LogP contribution is -2.43. The first-order valence-electron chi connectivity index (χ1n) is 7.07. The summed E-state index contributed by atoms with van der Waals surface area (Å²) in [5.41, 5.74) is 0.944. The highest BCUT2D eigenvalue weighted by molar-refractivity contribution is 7.18. The second-order valence-electron chi connectivity index (χ2n) is 5.26. The number of fused-ring (bicyclic) bond motifs is 1. The van der Waals surface area contributed by atoms with Gasteiger partial charge in [-0.25, -0.2) is 4.98 Å². The van der Waals surface area contributed by atoms with Crippen LogP contribution >= 0.6 is 11.3 Å². The first-order chi connectivity index (χ1) is 10.2. The molecule has 5 nitrogen and oxygen atoms in total. The van der Waals surface area contributed by atoms with E-state index in [-0.39, 0.29) is 6.04 Å². The molecule has 0 radical (unpaired) electrons. The highest BCUT2D eigenvalue weighted by Crippen LogP contribution is 2.28. The van der Waals surface area contributed by atoms with Crippen molar-refractivity contribution >= 4 is 27.5 Å². The summed E-state index contributed by atoms with van der Waals surface area (Å²) < 4.78 is 6.30. The molecule has 1 unspecified atom stereocenters. The quantitative estimate of drug-likeness (QED) is 0.941. The molecule has 1 aromatic heterocycles. The molecular weight excluding hydrogens is 288 g/mol. The van der Waals surface area contributed by atoms with Gasteiger partial charge in [0.1, 0.15) is 16.8 Å². The Balaban J connectivity index is 1.81. The number of carboxylic acids is 1. The van der Waals surface area contributed by atoms with Crippen LogP contribution in [0.4, 0.5) is 0 Å². The maximum atomic E-state index is 11.3. The number of ether oxygens (including phenoxy) is 1. The minimum Gasteiger partial charge on any atom is -0.497 e. The van der Waals surface area contributed by atoms with E-state index in [0.29, 0.717) is 6.54 Å². The number of thiazole rings is 1. The van der Waals surface area contributed by atoms with Gasteiger partial charge in [-0.2, -0.15) is 0 Å². The maximum Gasteiger partial charge on any atom is 0.320 e. The summed E-state index contributed by atoms with van der Waals surface area (Å²) in [4.78, 5) is 18.0. The fourth-order valence-corrected chi connectivity index (χ4v) is 3.80. The predicted molar refractivity (Wildman–Crippen MR) is 81.9 cm³/mol. The second-order valence-corrected chi connectivity index (χ2v) is 6.38. The number of rotatable bonds is 4. The molecule has 1 atom stereocenters. The number of hydrogen-bond donors (Lipinski definition) is 1. The molecule has 0 spiro atoms. The number of carboxylic acid groups (broad SMARTS) is 1. The van der Waals surface area contributed by atoms with Gasteiger partial charge >= 0.3 is 5.97 Å². The van der Waals surface area contributed by atoms with E-state index in [2.05, 4.69) is 4.98 Å². The van der Waals surface area contributed by atoms with E-state index >= 15 is 0 Å². The van der Waals surface area contributed by atoms with Crippen molar-refractivity contribution in [1.82, 2.24) is 9.88 Å². The van der Waals surface area contributed by atoms with Gasteiger partial charge in [-0.15, -0.1) is 11.3 Å². The third kappa shape index (κ3) is 3.01. The number of nitrogens with zero attached hydrogens (tertiary/aromatic N) is 2. The first-order valence-corrected chi connectivity index (χ1v) is 7.89. The smallest absolute Gasteiger partial charge is 0.320 e. The minimum atomic E-state index is -0.725. The molecule has 1 aliphatic heterocycles. The third-order valence-corrected chi connectivity index (χ3v) is 4.88. The molecule has 1 fully saturated rings. The van der Waals surface area contributed by atoms with Gasteiger partial charge in [0.05, 0.1) is 23.9 Å². The highest BCUT2D eigenvalue weighted by atomic mass is 32.1. The van der Waals surface area contributed by atoms with Crippen molar-refractivity contribution in [3.05, 3.63) is 23.2 Å². The van der Waals surface area contributed by atoms with Crippen molar-refractivity contribution < 1.29 is 14.6 Å². The van der Waals surface area contributed by atoms with Crippen molar-refractivity contribution in [2.45, 2.75) is 31.8 Å². The number of methoxy groups -OCH3 is 1. The van der Waals surface area contributed by atoms with Crippen LogP contribution in [-0.4, -0.2) is 40.7 Å². The van der Waals surface area contributed by atoms with E-state index in [4.69, 9.17) is 4.74 Å². The Bertz CT molecular complexity index is 655. The lowest BCUT2D eigenvalue weighted by molar-refractivity contribution is -0.144. The van der Waals surface area contributed by atoms with Crippen LogP contribution < -0.4 is 4.74 Å². The van der Waals surface area contributed by atoms with Gasteiger partial charge in [-0.3, -0.25) is 9.69 Å². The van der Waals surface area contributed by atoms with Crippen LogP contribution in [0.3, 0.4) is 0 Å². The van der Waals surface area contributed by atoms with E-state index < -0.39 is 5.97 Å². The van der Waals surface area contributed by atoms with Crippen molar-refractivity contribution in [2.24, 2.45) is 0 Å².